The molecule has 0 heterocycles. The summed E-state index contributed by atoms with van der Waals surface area (Å²) in [5.41, 5.74) is 3.10. The van der Waals surface area contributed by atoms with Crippen LogP contribution < -0.4 is 5.73 Å². The number of amides is 1. The minimum absolute atomic E-state index is 0.152. The molecule has 0 aliphatic heterocycles. The third kappa shape index (κ3) is 2.41. The topological polar surface area (TPSA) is 43.1 Å². The first kappa shape index (κ1) is 11.8. The molecular weight excluding hydrogens is 231 g/mol. The van der Waals surface area contributed by atoms with Crippen LogP contribution in [0.1, 0.15) is 21.5 Å². The van der Waals surface area contributed by atoms with E-state index in [1.807, 2.05) is 0 Å². The highest BCUT2D eigenvalue weighted by molar-refractivity contribution is 6.17. The molecule has 6 heteroatoms. The van der Waals surface area contributed by atoms with Gasteiger partial charge in [0, 0.05) is 5.88 Å². The fourth-order valence-electron chi connectivity index (χ4n) is 1.25. The van der Waals surface area contributed by atoms with Crippen LogP contribution in [0.15, 0.2) is 18.2 Å². The van der Waals surface area contributed by atoms with Crippen LogP contribution in [0.5, 0.6) is 0 Å². The van der Waals surface area contributed by atoms with Crippen LogP contribution in [0.25, 0.3) is 0 Å². The van der Waals surface area contributed by atoms with E-state index in [1.165, 1.54) is 12.1 Å². The number of benzene rings is 1. The van der Waals surface area contributed by atoms with Crippen LogP contribution in [0.3, 0.4) is 0 Å². The Morgan fingerprint density at radius 3 is 2.40 bits per heavy atom. The summed E-state index contributed by atoms with van der Waals surface area (Å²) < 4.78 is 37.8. The molecule has 0 aromatic heterocycles. The molecule has 0 saturated carbocycles. The van der Waals surface area contributed by atoms with Gasteiger partial charge in [0.2, 0.25) is 5.91 Å². The number of nitrogens with two attached hydrogens (primary N) is 1. The summed E-state index contributed by atoms with van der Waals surface area (Å²) >= 11 is 5.36. The van der Waals surface area contributed by atoms with E-state index in [0.717, 1.165) is 6.07 Å². The van der Waals surface area contributed by atoms with Crippen molar-refractivity contribution in [3.8, 4) is 0 Å². The fraction of sp³-hybridized carbons (Fsp3) is 0.222. The maximum Gasteiger partial charge on any atom is 0.417 e. The second-order valence-electron chi connectivity index (χ2n) is 2.84. The summed E-state index contributed by atoms with van der Waals surface area (Å²) in [4.78, 5) is 10.8. The molecule has 1 rings (SSSR count). The third-order valence-electron chi connectivity index (χ3n) is 1.84. The third-order valence-corrected chi connectivity index (χ3v) is 2.13. The molecule has 0 atom stereocenters. The molecule has 15 heavy (non-hydrogen) atoms. The SMILES string of the molecule is NC(=O)c1cccc(CCl)c1C(F)(F)F. The lowest BCUT2D eigenvalue weighted by atomic mass is 10.0. The molecule has 82 valence electrons. The number of carbonyl (C=O) groups excluding carboxylic acids is 1. The van der Waals surface area contributed by atoms with E-state index in [4.69, 9.17) is 17.3 Å². The van der Waals surface area contributed by atoms with Gasteiger partial charge in [-0.2, -0.15) is 13.2 Å². The molecule has 0 aliphatic carbocycles. The molecule has 0 unspecified atom stereocenters. The predicted molar refractivity (Wildman–Crippen MR) is 49.5 cm³/mol. The smallest absolute Gasteiger partial charge is 0.366 e. The van der Waals surface area contributed by atoms with Gasteiger partial charge >= 0.3 is 6.18 Å². The maximum absolute atomic E-state index is 12.6. The highest BCUT2D eigenvalue weighted by Crippen LogP contribution is 2.35. The molecule has 0 radical (unpaired) electrons. The molecule has 1 amide bonds. The highest BCUT2D eigenvalue weighted by atomic mass is 35.5. The first-order chi connectivity index (χ1) is 6.88. The summed E-state index contributed by atoms with van der Waals surface area (Å²) in [5.74, 6) is -1.44. The van der Waals surface area contributed by atoms with E-state index in [1.54, 1.807) is 0 Å². The lowest BCUT2D eigenvalue weighted by Gasteiger charge is -2.14. The molecule has 0 bridgehead atoms. The van der Waals surface area contributed by atoms with Crippen molar-refractivity contribution in [3.63, 3.8) is 0 Å². The van der Waals surface area contributed by atoms with Gasteiger partial charge in [-0.25, -0.2) is 0 Å². The van der Waals surface area contributed by atoms with Gasteiger partial charge in [-0.1, -0.05) is 12.1 Å². The van der Waals surface area contributed by atoms with Crippen LogP contribution in [0, 0.1) is 0 Å². The van der Waals surface area contributed by atoms with Gasteiger partial charge in [0.05, 0.1) is 11.1 Å². The Labute approximate surface area is 88.8 Å². The molecule has 2 nitrogen and oxygen atoms in total. The standard InChI is InChI=1S/C9H7ClF3NO/c10-4-5-2-1-3-6(8(14)15)7(5)9(11,12)13/h1-3H,4H2,(H2,14,15). The lowest BCUT2D eigenvalue weighted by Crippen LogP contribution is -2.20. The highest BCUT2D eigenvalue weighted by Gasteiger charge is 2.36. The van der Waals surface area contributed by atoms with Gasteiger partial charge in [-0.15, -0.1) is 11.6 Å². The molecule has 0 saturated heterocycles. The summed E-state index contributed by atoms with van der Waals surface area (Å²) in [5, 5.41) is 0. The quantitative estimate of drug-likeness (QED) is 0.790. The van der Waals surface area contributed by atoms with Gasteiger partial charge < -0.3 is 5.73 Å². The zero-order valence-corrected chi connectivity index (χ0v) is 8.19. The fourth-order valence-corrected chi connectivity index (χ4v) is 1.47. The number of carbonyl (C=O) groups is 1. The van der Waals surface area contributed by atoms with Crippen molar-refractivity contribution >= 4 is 17.5 Å². The number of primary amides is 1. The summed E-state index contributed by atoms with van der Waals surface area (Å²) in [6, 6.07) is 3.55. The van der Waals surface area contributed by atoms with Gasteiger partial charge in [0.25, 0.3) is 0 Å². The first-order valence-electron chi connectivity index (χ1n) is 3.92. The molecule has 1 aromatic rings. The summed E-state index contributed by atoms with van der Waals surface area (Å²) in [6.07, 6.45) is -4.63. The van der Waals surface area contributed by atoms with Crippen molar-refractivity contribution in [2.75, 3.05) is 0 Å². The van der Waals surface area contributed by atoms with Crippen molar-refractivity contribution in [1.29, 1.82) is 0 Å². The van der Waals surface area contributed by atoms with Crippen molar-refractivity contribution in [1.82, 2.24) is 0 Å². The second kappa shape index (κ2) is 4.10. The Morgan fingerprint density at radius 1 is 1.40 bits per heavy atom. The number of alkyl halides is 4. The van der Waals surface area contributed by atoms with Crippen LogP contribution in [-0.2, 0) is 12.1 Å². The average molecular weight is 238 g/mol. The van der Waals surface area contributed by atoms with Crippen LogP contribution in [0.2, 0.25) is 0 Å². The second-order valence-corrected chi connectivity index (χ2v) is 3.10. The Balaban J connectivity index is 3.47. The number of rotatable bonds is 2. The molecular formula is C9H7ClF3NO. The molecule has 1 aromatic carbocycles. The zero-order chi connectivity index (χ0) is 11.6. The van der Waals surface area contributed by atoms with Crippen molar-refractivity contribution in [3.05, 3.63) is 34.9 Å². The van der Waals surface area contributed by atoms with E-state index in [-0.39, 0.29) is 11.4 Å². The molecule has 0 spiro atoms. The van der Waals surface area contributed by atoms with Crippen LogP contribution >= 0.6 is 11.6 Å². The maximum atomic E-state index is 12.6. The number of halogens is 4. The minimum atomic E-state index is -4.63. The summed E-state index contributed by atoms with van der Waals surface area (Å²) in [6.45, 7) is 0. The van der Waals surface area contributed by atoms with Crippen molar-refractivity contribution in [2.24, 2.45) is 5.73 Å². The zero-order valence-electron chi connectivity index (χ0n) is 7.44. The summed E-state index contributed by atoms with van der Waals surface area (Å²) in [7, 11) is 0. The first-order valence-corrected chi connectivity index (χ1v) is 4.46. The molecule has 0 aliphatic rings. The van der Waals surface area contributed by atoms with Gasteiger partial charge in [0.1, 0.15) is 0 Å². The molecule has 2 N–H and O–H groups in total. The van der Waals surface area contributed by atoms with Crippen molar-refractivity contribution < 1.29 is 18.0 Å². The van der Waals surface area contributed by atoms with E-state index in [0.29, 0.717) is 0 Å². The Kier molecular flexibility index (Phi) is 3.24. The largest absolute Gasteiger partial charge is 0.417 e. The van der Waals surface area contributed by atoms with Crippen LogP contribution in [-0.4, -0.2) is 5.91 Å². The van der Waals surface area contributed by atoms with Crippen molar-refractivity contribution in [2.45, 2.75) is 12.1 Å². The monoisotopic (exact) mass is 237 g/mol. The van der Waals surface area contributed by atoms with E-state index >= 15 is 0 Å². The van der Waals surface area contributed by atoms with Crippen LogP contribution in [0.4, 0.5) is 13.2 Å². The number of hydrogen-bond donors (Lipinski definition) is 1. The average Bonchev–Trinajstić information content (AvgIpc) is 2.15. The Hall–Kier alpha value is -1.23. The van der Waals surface area contributed by atoms with Gasteiger partial charge in [0.15, 0.2) is 0 Å². The van der Waals surface area contributed by atoms with Gasteiger partial charge in [-0.05, 0) is 11.6 Å². The molecule has 0 fully saturated rings. The Morgan fingerprint density at radius 2 is 2.00 bits per heavy atom. The number of hydrogen-bond acceptors (Lipinski definition) is 1. The van der Waals surface area contributed by atoms with E-state index in [2.05, 4.69) is 0 Å². The predicted octanol–water partition coefficient (Wildman–Crippen LogP) is 2.54. The van der Waals surface area contributed by atoms with Gasteiger partial charge in [-0.3, -0.25) is 4.79 Å². The lowest BCUT2D eigenvalue weighted by molar-refractivity contribution is -0.138. The van der Waals surface area contributed by atoms with E-state index < -0.39 is 23.2 Å². The Bertz CT molecular complexity index is 389. The van der Waals surface area contributed by atoms with E-state index in [9.17, 15) is 18.0 Å². The normalized spacial score (nSPS) is 11.5. The minimum Gasteiger partial charge on any atom is -0.366 e.